The highest BCUT2D eigenvalue weighted by atomic mass is 16.6. The summed E-state index contributed by atoms with van der Waals surface area (Å²) in [7, 11) is 1.39. The molecule has 3 unspecified atom stereocenters. The molecule has 2 saturated heterocycles. The molecule has 0 spiro atoms. The van der Waals surface area contributed by atoms with Gasteiger partial charge in [0.15, 0.2) is 6.23 Å². The van der Waals surface area contributed by atoms with Gasteiger partial charge in [0, 0.05) is 31.9 Å². The summed E-state index contributed by atoms with van der Waals surface area (Å²) in [6.45, 7) is 1.33. The number of H-pyrrole nitrogens is 1. The molecule has 0 aromatic carbocycles. The highest BCUT2D eigenvalue weighted by Crippen LogP contribution is 2.49. The van der Waals surface area contributed by atoms with Crippen molar-refractivity contribution in [3.63, 3.8) is 0 Å². The Hall–Kier alpha value is -1.52. The topological polar surface area (TPSA) is 123 Å². The Bertz CT molecular complexity index is 714. The minimum Gasteiger partial charge on any atom is -0.393 e. The number of fused-ring (bicyclic) bond motifs is 1. The average molecular weight is 328 g/mol. The Labute approximate surface area is 131 Å². The standard InChI is InChI=1S/C14H20N2O7/c1-8-5-16(12(19)15-10(8)18)11-9(21-2)14(20)3-4-22-7-13(14,6-17)23-11/h5,9,11,17,20H,3-4,6-7H2,1-2H3,(H,15,18,19)/t9?,11-,13?,14?/m1/s1. The Balaban J connectivity index is 2.12. The van der Waals surface area contributed by atoms with E-state index in [1.54, 1.807) is 6.92 Å². The smallest absolute Gasteiger partial charge is 0.330 e. The first kappa shape index (κ1) is 16.3. The molecule has 9 heteroatoms. The lowest BCUT2D eigenvalue weighted by atomic mass is 9.77. The van der Waals surface area contributed by atoms with Crippen LogP contribution in [0.25, 0.3) is 0 Å². The molecule has 9 nitrogen and oxygen atoms in total. The summed E-state index contributed by atoms with van der Waals surface area (Å²) in [5, 5.41) is 20.9. The van der Waals surface area contributed by atoms with E-state index >= 15 is 0 Å². The van der Waals surface area contributed by atoms with Gasteiger partial charge < -0.3 is 24.4 Å². The minimum absolute atomic E-state index is 0.0204. The van der Waals surface area contributed by atoms with Gasteiger partial charge in [-0.3, -0.25) is 14.3 Å². The third kappa shape index (κ3) is 2.19. The first-order valence-electron chi connectivity index (χ1n) is 7.32. The van der Waals surface area contributed by atoms with Crippen LogP contribution in [0.5, 0.6) is 0 Å². The summed E-state index contributed by atoms with van der Waals surface area (Å²) in [5.41, 5.74) is -3.75. The maximum Gasteiger partial charge on any atom is 0.330 e. The van der Waals surface area contributed by atoms with Crippen LogP contribution in [0.1, 0.15) is 18.2 Å². The fraction of sp³-hybridized carbons (Fsp3) is 0.714. The Morgan fingerprint density at radius 1 is 1.52 bits per heavy atom. The molecule has 2 fully saturated rings. The number of nitrogens with zero attached hydrogens (tertiary/aromatic N) is 1. The number of hydrogen-bond donors (Lipinski definition) is 3. The molecule has 2 aliphatic heterocycles. The van der Waals surface area contributed by atoms with Crippen LogP contribution in [0.4, 0.5) is 0 Å². The second-order valence-electron chi connectivity index (χ2n) is 6.02. The summed E-state index contributed by atoms with van der Waals surface area (Å²) >= 11 is 0. The molecule has 0 bridgehead atoms. The van der Waals surface area contributed by atoms with E-state index in [1.165, 1.54) is 17.9 Å². The molecule has 0 aliphatic carbocycles. The number of aliphatic hydroxyl groups excluding tert-OH is 1. The second-order valence-corrected chi connectivity index (χ2v) is 6.02. The number of aromatic amines is 1. The van der Waals surface area contributed by atoms with Crippen LogP contribution in [0.3, 0.4) is 0 Å². The van der Waals surface area contributed by atoms with Crippen LogP contribution >= 0.6 is 0 Å². The van der Waals surface area contributed by atoms with Gasteiger partial charge >= 0.3 is 5.69 Å². The number of methoxy groups -OCH3 is 1. The zero-order valence-electron chi connectivity index (χ0n) is 12.9. The quantitative estimate of drug-likeness (QED) is 0.602. The number of nitrogens with one attached hydrogen (secondary N) is 1. The maximum absolute atomic E-state index is 12.1. The third-order valence-corrected chi connectivity index (χ3v) is 4.76. The second kappa shape index (κ2) is 5.53. The number of aryl methyl sites for hydroxylation is 1. The van der Waals surface area contributed by atoms with Crippen molar-refractivity contribution in [2.75, 3.05) is 26.9 Å². The average Bonchev–Trinajstić information content (AvgIpc) is 2.79. The molecular weight excluding hydrogens is 308 g/mol. The number of rotatable bonds is 3. The highest BCUT2D eigenvalue weighted by Gasteiger charge is 2.67. The van der Waals surface area contributed by atoms with Crippen molar-refractivity contribution in [1.82, 2.24) is 9.55 Å². The highest BCUT2D eigenvalue weighted by molar-refractivity contribution is 5.15. The van der Waals surface area contributed by atoms with Gasteiger partial charge in [-0.2, -0.15) is 0 Å². The molecule has 3 rings (SSSR count). The number of ether oxygens (including phenoxy) is 3. The molecule has 0 radical (unpaired) electrons. The number of aliphatic hydroxyl groups is 2. The van der Waals surface area contributed by atoms with Gasteiger partial charge in [-0.05, 0) is 6.92 Å². The van der Waals surface area contributed by atoms with Crippen molar-refractivity contribution in [3.05, 3.63) is 32.6 Å². The van der Waals surface area contributed by atoms with Crippen molar-refractivity contribution in [1.29, 1.82) is 0 Å². The van der Waals surface area contributed by atoms with Crippen molar-refractivity contribution < 1.29 is 24.4 Å². The lowest BCUT2D eigenvalue weighted by Crippen LogP contribution is -2.64. The fourth-order valence-electron chi connectivity index (χ4n) is 3.39. The van der Waals surface area contributed by atoms with E-state index in [-0.39, 0.29) is 19.6 Å². The summed E-state index contributed by atoms with van der Waals surface area (Å²) in [6.07, 6.45) is -0.354. The van der Waals surface area contributed by atoms with Gasteiger partial charge in [-0.15, -0.1) is 0 Å². The molecule has 23 heavy (non-hydrogen) atoms. The Morgan fingerprint density at radius 2 is 2.26 bits per heavy atom. The van der Waals surface area contributed by atoms with Crippen molar-refractivity contribution >= 4 is 0 Å². The van der Waals surface area contributed by atoms with Crippen LogP contribution in [-0.2, 0) is 14.2 Å². The summed E-state index contributed by atoms with van der Waals surface area (Å²) < 4.78 is 17.8. The zero-order chi connectivity index (χ0) is 16.8. The van der Waals surface area contributed by atoms with Gasteiger partial charge in [0.25, 0.3) is 5.56 Å². The lowest BCUT2D eigenvalue weighted by Gasteiger charge is -2.44. The first-order valence-corrected chi connectivity index (χ1v) is 7.32. The molecule has 1 aromatic rings. The first-order chi connectivity index (χ1) is 10.9. The number of hydrogen-bond acceptors (Lipinski definition) is 7. The van der Waals surface area contributed by atoms with Gasteiger partial charge in [-0.25, -0.2) is 4.79 Å². The summed E-state index contributed by atoms with van der Waals surface area (Å²) in [6, 6.07) is 0. The van der Waals surface area contributed by atoms with Crippen LogP contribution in [-0.4, -0.2) is 64.0 Å². The van der Waals surface area contributed by atoms with Crippen molar-refractivity contribution in [3.8, 4) is 0 Å². The van der Waals surface area contributed by atoms with E-state index in [0.717, 1.165) is 0 Å². The van der Waals surface area contributed by atoms with E-state index in [9.17, 15) is 19.8 Å². The largest absolute Gasteiger partial charge is 0.393 e. The third-order valence-electron chi connectivity index (χ3n) is 4.76. The minimum atomic E-state index is -1.51. The fourth-order valence-corrected chi connectivity index (χ4v) is 3.39. The molecule has 1 aromatic heterocycles. The van der Waals surface area contributed by atoms with E-state index in [4.69, 9.17) is 14.2 Å². The SMILES string of the molecule is COC1[C@H](n2cc(C)c(=O)[nH]c2=O)OC2(CO)COCCC12O. The molecule has 0 amide bonds. The van der Waals surface area contributed by atoms with Crippen molar-refractivity contribution in [2.24, 2.45) is 0 Å². The normalized spacial score (nSPS) is 36.9. The molecular formula is C14H20N2O7. The van der Waals surface area contributed by atoms with E-state index in [1.807, 2.05) is 0 Å². The zero-order valence-corrected chi connectivity index (χ0v) is 12.9. The molecule has 4 atom stereocenters. The van der Waals surface area contributed by atoms with Gasteiger partial charge in [0.2, 0.25) is 0 Å². The van der Waals surface area contributed by atoms with Gasteiger partial charge in [0.05, 0.1) is 13.2 Å². The van der Waals surface area contributed by atoms with Crippen molar-refractivity contribution in [2.45, 2.75) is 36.9 Å². The van der Waals surface area contributed by atoms with Crippen LogP contribution in [0, 0.1) is 6.92 Å². The monoisotopic (exact) mass is 328 g/mol. The van der Waals surface area contributed by atoms with E-state index in [2.05, 4.69) is 4.98 Å². The van der Waals surface area contributed by atoms with Gasteiger partial charge in [0.1, 0.15) is 17.3 Å². The van der Waals surface area contributed by atoms with Crippen LogP contribution in [0.15, 0.2) is 15.8 Å². The van der Waals surface area contributed by atoms with E-state index < -0.39 is 41.4 Å². The Morgan fingerprint density at radius 3 is 2.91 bits per heavy atom. The predicted octanol–water partition coefficient (Wildman–Crippen LogP) is -1.73. The summed E-state index contributed by atoms with van der Waals surface area (Å²) in [5.74, 6) is 0. The molecule has 2 aliphatic rings. The molecule has 0 saturated carbocycles. The molecule has 128 valence electrons. The molecule has 3 N–H and O–H groups in total. The lowest BCUT2D eigenvalue weighted by molar-refractivity contribution is -0.227. The number of aromatic nitrogens is 2. The van der Waals surface area contributed by atoms with Crippen LogP contribution in [0.2, 0.25) is 0 Å². The predicted molar refractivity (Wildman–Crippen MR) is 77.2 cm³/mol. The molecule has 3 heterocycles. The Kier molecular flexibility index (Phi) is 3.93. The maximum atomic E-state index is 12.1. The summed E-state index contributed by atoms with van der Waals surface area (Å²) in [4.78, 5) is 25.9. The van der Waals surface area contributed by atoms with Gasteiger partial charge in [-0.1, -0.05) is 0 Å². The van der Waals surface area contributed by atoms with E-state index in [0.29, 0.717) is 5.56 Å². The van der Waals surface area contributed by atoms with Crippen LogP contribution < -0.4 is 11.2 Å².